The van der Waals surface area contributed by atoms with Crippen LogP contribution in [0.1, 0.15) is 406 Å². The van der Waals surface area contributed by atoms with Gasteiger partial charge in [-0.2, -0.15) is 0 Å². The van der Waals surface area contributed by atoms with E-state index in [-0.39, 0.29) is 31.1 Å². The van der Waals surface area contributed by atoms with Crippen LogP contribution < -0.4 is 0 Å². The number of unbranched alkanes of at least 4 members (excludes halogenated alkanes) is 52. The second-order valence-electron chi connectivity index (χ2n) is 24.5. The number of carbonyl (C=O) groups excluding carboxylic acids is 3. The van der Waals surface area contributed by atoms with E-state index < -0.39 is 6.10 Å². The summed E-state index contributed by atoms with van der Waals surface area (Å²) >= 11 is 0. The van der Waals surface area contributed by atoms with Crippen molar-refractivity contribution in [1.29, 1.82) is 0 Å². The zero-order valence-electron chi connectivity index (χ0n) is 53.7. The Labute approximate surface area is 493 Å². The van der Waals surface area contributed by atoms with Crippen LogP contribution in [0.5, 0.6) is 0 Å². The van der Waals surface area contributed by atoms with E-state index in [0.717, 1.165) is 64.2 Å². The van der Waals surface area contributed by atoms with Crippen LogP contribution in [-0.4, -0.2) is 37.2 Å². The zero-order valence-corrected chi connectivity index (χ0v) is 53.7. The Bertz CT molecular complexity index is 1270. The van der Waals surface area contributed by atoms with E-state index in [1.165, 1.54) is 302 Å². The van der Waals surface area contributed by atoms with Crippen LogP contribution in [0.4, 0.5) is 0 Å². The molecule has 0 fully saturated rings. The van der Waals surface area contributed by atoms with Gasteiger partial charge in [-0.1, -0.05) is 360 Å². The molecule has 0 aliphatic heterocycles. The average molecular weight is 1110 g/mol. The van der Waals surface area contributed by atoms with Gasteiger partial charge in [-0.15, -0.1) is 0 Å². The summed E-state index contributed by atoms with van der Waals surface area (Å²) in [6.45, 7) is 6.71. The lowest BCUT2D eigenvalue weighted by molar-refractivity contribution is -0.167. The van der Waals surface area contributed by atoms with E-state index in [1.807, 2.05) is 0 Å². The molecule has 0 saturated heterocycles. The van der Waals surface area contributed by atoms with Gasteiger partial charge in [0.2, 0.25) is 0 Å². The summed E-state index contributed by atoms with van der Waals surface area (Å²) in [5, 5.41) is 0. The first-order valence-electron chi connectivity index (χ1n) is 35.8. The van der Waals surface area contributed by atoms with Crippen molar-refractivity contribution >= 4 is 17.9 Å². The minimum Gasteiger partial charge on any atom is -0.462 e. The number of esters is 3. The van der Waals surface area contributed by atoms with Crippen molar-refractivity contribution in [1.82, 2.24) is 0 Å². The monoisotopic (exact) mass is 1110 g/mol. The molecule has 0 bridgehead atoms. The molecule has 0 rings (SSSR count). The Morgan fingerprint density at radius 3 is 0.696 bits per heavy atom. The highest BCUT2D eigenvalue weighted by Crippen LogP contribution is 2.19. The van der Waals surface area contributed by atoms with Gasteiger partial charge in [0.1, 0.15) is 13.2 Å². The molecule has 0 amide bonds. The van der Waals surface area contributed by atoms with Gasteiger partial charge < -0.3 is 14.2 Å². The van der Waals surface area contributed by atoms with Crippen molar-refractivity contribution in [3.63, 3.8) is 0 Å². The van der Waals surface area contributed by atoms with Crippen molar-refractivity contribution in [2.45, 2.75) is 412 Å². The van der Waals surface area contributed by atoms with E-state index in [2.05, 4.69) is 45.1 Å². The lowest BCUT2D eigenvalue weighted by Gasteiger charge is -2.18. The maximum Gasteiger partial charge on any atom is 0.306 e. The first kappa shape index (κ1) is 76.9. The summed E-state index contributed by atoms with van der Waals surface area (Å²) in [7, 11) is 0. The third kappa shape index (κ3) is 66.6. The van der Waals surface area contributed by atoms with Crippen molar-refractivity contribution in [2.75, 3.05) is 13.2 Å². The molecule has 0 aromatic rings. The fourth-order valence-electron chi connectivity index (χ4n) is 11.1. The van der Waals surface area contributed by atoms with Crippen molar-refractivity contribution in [2.24, 2.45) is 0 Å². The summed E-state index contributed by atoms with van der Waals surface area (Å²) < 4.78 is 17.0. The molecular formula is C73H138O6. The predicted molar refractivity (Wildman–Crippen MR) is 344 cm³/mol. The van der Waals surface area contributed by atoms with Crippen LogP contribution in [0.2, 0.25) is 0 Å². The minimum atomic E-state index is -0.765. The molecule has 0 aromatic carbocycles. The van der Waals surface area contributed by atoms with Crippen LogP contribution >= 0.6 is 0 Å². The van der Waals surface area contributed by atoms with Gasteiger partial charge in [0.15, 0.2) is 6.10 Å². The smallest absolute Gasteiger partial charge is 0.306 e. The molecule has 79 heavy (non-hydrogen) atoms. The highest BCUT2D eigenvalue weighted by atomic mass is 16.6. The topological polar surface area (TPSA) is 78.9 Å². The Hall–Kier alpha value is -2.11. The first-order valence-corrected chi connectivity index (χ1v) is 35.8. The lowest BCUT2D eigenvalue weighted by Crippen LogP contribution is -2.30. The molecule has 0 saturated carbocycles. The van der Waals surface area contributed by atoms with Crippen molar-refractivity contribution in [3.8, 4) is 0 Å². The third-order valence-electron chi connectivity index (χ3n) is 16.5. The van der Waals surface area contributed by atoms with Crippen LogP contribution in [-0.2, 0) is 28.6 Å². The van der Waals surface area contributed by atoms with Gasteiger partial charge in [0.25, 0.3) is 0 Å². The highest BCUT2D eigenvalue weighted by Gasteiger charge is 2.19. The number of rotatable bonds is 67. The highest BCUT2D eigenvalue weighted by molar-refractivity contribution is 5.71. The molecule has 0 aliphatic rings. The maximum absolute atomic E-state index is 12.9. The number of hydrogen-bond acceptors (Lipinski definition) is 6. The van der Waals surface area contributed by atoms with E-state index in [4.69, 9.17) is 14.2 Å². The van der Waals surface area contributed by atoms with Gasteiger partial charge >= 0.3 is 17.9 Å². The van der Waals surface area contributed by atoms with Crippen LogP contribution in [0.3, 0.4) is 0 Å². The van der Waals surface area contributed by atoms with Crippen molar-refractivity contribution in [3.05, 3.63) is 24.3 Å². The second kappa shape index (κ2) is 68.4. The standard InChI is InChI=1S/C73H138O6/c1-4-7-10-13-16-19-22-25-28-29-30-31-32-33-34-35-36-37-38-39-40-41-42-43-44-45-46-49-51-54-57-60-63-66-72(75)78-69-70(79-73(76)67-64-61-58-55-52-48-27-24-21-18-15-12-9-6-3)68-77-71(74)65-62-59-56-53-50-47-26-23-20-17-14-11-8-5-2/h22,25,29-30,70H,4-21,23-24,26-28,31-69H2,1-3H3/b25-22-,30-29-. The van der Waals surface area contributed by atoms with Gasteiger partial charge in [-0.05, 0) is 51.4 Å². The molecule has 6 nitrogen and oxygen atoms in total. The number of ether oxygens (including phenoxy) is 3. The number of allylic oxidation sites excluding steroid dienone is 4. The van der Waals surface area contributed by atoms with Crippen molar-refractivity contribution < 1.29 is 28.6 Å². The number of carbonyl (C=O) groups is 3. The molecule has 466 valence electrons. The Morgan fingerprint density at radius 2 is 0.456 bits per heavy atom. The Morgan fingerprint density at radius 1 is 0.253 bits per heavy atom. The van der Waals surface area contributed by atoms with E-state index >= 15 is 0 Å². The quantitative estimate of drug-likeness (QED) is 0.0261. The SMILES string of the molecule is CCCCCCC/C=C\C/C=C\CCCCCCCCCCCCCCCCCCCCCCCC(=O)OCC(COC(=O)CCCCCCCCCCCCCCCC)OC(=O)CCCCCCCCCCCCCCCC. The normalized spacial score (nSPS) is 12.1. The van der Waals surface area contributed by atoms with Gasteiger partial charge in [0, 0.05) is 19.3 Å². The Balaban J connectivity index is 4.07. The summed E-state index contributed by atoms with van der Waals surface area (Å²) in [5.41, 5.74) is 0. The molecular weight excluding hydrogens is 973 g/mol. The molecule has 0 spiro atoms. The summed E-state index contributed by atoms with van der Waals surface area (Å²) in [4.78, 5) is 38.3. The second-order valence-corrected chi connectivity index (χ2v) is 24.5. The van der Waals surface area contributed by atoms with Crippen LogP contribution in [0.25, 0.3) is 0 Å². The van der Waals surface area contributed by atoms with E-state index in [0.29, 0.717) is 19.3 Å². The summed E-state index contributed by atoms with van der Waals surface area (Å²) in [6.07, 6.45) is 83.6. The molecule has 0 N–H and O–H groups in total. The molecule has 1 atom stereocenters. The molecule has 0 heterocycles. The predicted octanol–water partition coefficient (Wildman–Crippen LogP) is 24.6. The zero-order chi connectivity index (χ0) is 57.1. The lowest BCUT2D eigenvalue weighted by atomic mass is 10.0. The molecule has 0 radical (unpaired) electrons. The van der Waals surface area contributed by atoms with Gasteiger partial charge in [-0.25, -0.2) is 0 Å². The summed E-state index contributed by atoms with van der Waals surface area (Å²) in [5.74, 6) is -0.829. The maximum atomic E-state index is 12.9. The molecule has 6 heteroatoms. The first-order chi connectivity index (χ1) is 39.0. The fraction of sp³-hybridized carbons (Fsp3) is 0.904. The van der Waals surface area contributed by atoms with Gasteiger partial charge in [0.05, 0.1) is 0 Å². The van der Waals surface area contributed by atoms with Crippen LogP contribution in [0.15, 0.2) is 24.3 Å². The van der Waals surface area contributed by atoms with Gasteiger partial charge in [-0.3, -0.25) is 14.4 Å². The number of hydrogen-bond donors (Lipinski definition) is 0. The van der Waals surface area contributed by atoms with Crippen LogP contribution in [0, 0.1) is 0 Å². The Kier molecular flexibility index (Phi) is 66.6. The molecule has 0 aliphatic carbocycles. The third-order valence-corrected chi connectivity index (χ3v) is 16.5. The summed E-state index contributed by atoms with van der Waals surface area (Å²) in [6, 6.07) is 0. The van der Waals surface area contributed by atoms with E-state index in [1.54, 1.807) is 0 Å². The fourth-order valence-corrected chi connectivity index (χ4v) is 11.1. The van der Waals surface area contributed by atoms with E-state index in [9.17, 15) is 14.4 Å². The minimum absolute atomic E-state index is 0.0627. The largest absolute Gasteiger partial charge is 0.462 e. The molecule has 0 aromatic heterocycles. The average Bonchev–Trinajstić information content (AvgIpc) is 3.45. The molecule has 1 unspecified atom stereocenters.